The highest BCUT2D eigenvalue weighted by molar-refractivity contribution is 5.82. The fourth-order valence-electron chi connectivity index (χ4n) is 2.68. The maximum atomic E-state index is 9.68. The van der Waals surface area contributed by atoms with Crippen LogP contribution in [-0.2, 0) is 6.42 Å². The van der Waals surface area contributed by atoms with Gasteiger partial charge < -0.3 is 5.11 Å². The van der Waals surface area contributed by atoms with Gasteiger partial charge in [0.2, 0.25) is 0 Å². The van der Waals surface area contributed by atoms with Gasteiger partial charge >= 0.3 is 0 Å². The summed E-state index contributed by atoms with van der Waals surface area (Å²) < 4.78 is 0. The van der Waals surface area contributed by atoms with E-state index in [1.807, 2.05) is 24.4 Å². The summed E-state index contributed by atoms with van der Waals surface area (Å²) in [6.07, 6.45) is 7.68. The number of hydrogen-bond donors (Lipinski definition) is 1. The molecule has 18 heavy (non-hydrogen) atoms. The Balaban J connectivity index is 1.95. The molecule has 0 bridgehead atoms. The van der Waals surface area contributed by atoms with Crippen LogP contribution in [0.4, 0.5) is 0 Å². The van der Waals surface area contributed by atoms with Crippen molar-refractivity contribution in [1.82, 2.24) is 4.98 Å². The van der Waals surface area contributed by atoms with Crippen molar-refractivity contribution in [2.24, 2.45) is 0 Å². The minimum atomic E-state index is -0.248. The first-order chi connectivity index (χ1) is 8.83. The smallest absolute Gasteiger partial charge is 0.0723 e. The number of pyridine rings is 1. The Labute approximate surface area is 107 Å². The van der Waals surface area contributed by atoms with Gasteiger partial charge in [0.05, 0.1) is 11.6 Å². The zero-order valence-electron chi connectivity index (χ0n) is 10.3. The van der Waals surface area contributed by atoms with Crippen LogP contribution < -0.4 is 0 Å². The van der Waals surface area contributed by atoms with E-state index in [2.05, 4.69) is 23.2 Å². The SMILES string of the molecule is OC1C=C(Cc2ccnc3ccccc23)CCC1. The number of aromatic nitrogens is 1. The third kappa shape index (κ3) is 2.29. The molecule has 1 aromatic heterocycles. The lowest BCUT2D eigenvalue weighted by atomic mass is 9.92. The Morgan fingerprint density at radius 3 is 3.00 bits per heavy atom. The molecule has 92 valence electrons. The Morgan fingerprint density at radius 1 is 1.22 bits per heavy atom. The van der Waals surface area contributed by atoms with Crippen LogP contribution in [0, 0.1) is 0 Å². The summed E-state index contributed by atoms with van der Waals surface area (Å²) >= 11 is 0. The van der Waals surface area contributed by atoms with Gasteiger partial charge in [0, 0.05) is 11.6 Å². The molecule has 0 spiro atoms. The molecular formula is C16H17NO. The van der Waals surface area contributed by atoms with Gasteiger partial charge in [-0.2, -0.15) is 0 Å². The normalized spacial score (nSPS) is 19.8. The van der Waals surface area contributed by atoms with Gasteiger partial charge in [-0.05, 0) is 43.4 Å². The molecule has 0 saturated carbocycles. The van der Waals surface area contributed by atoms with Gasteiger partial charge in [0.15, 0.2) is 0 Å². The summed E-state index contributed by atoms with van der Waals surface area (Å²) in [5, 5.41) is 10.9. The summed E-state index contributed by atoms with van der Waals surface area (Å²) in [6.45, 7) is 0. The van der Waals surface area contributed by atoms with Gasteiger partial charge in [-0.1, -0.05) is 29.8 Å². The first kappa shape index (κ1) is 11.4. The quantitative estimate of drug-likeness (QED) is 0.816. The highest BCUT2D eigenvalue weighted by Gasteiger charge is 2.12. The highest BCUT2D eigenvalue weighted by Crippen LogP contribution is 2.24. The van der Waals surface area contributed by atoms with Crippen molar-refractivity contribution in [1.29, 1.82) is 0 Å². The summed E-state index contributed by atoms with van der Waals surface area (Å²) in [5.41, 5.74) is 3.71. The van der Waals surface area contributed by atoms with Crippen molar-refractivity contribution >= 4 is 10.9 Å². The van der Waals surface area contributed by atoms with E-state index in [0.29, 0.717) is 0 Å². The predicted molar refractivity (Wildman–Crippen MR) is 73.4 cm³/mol. The lowest BCUT2D eigenvalue weighted by Gasteiger charge is -2.17. The fourth-order valence-corrected chi connectivity index (χ4v) is 2.68. The summed E-state index contributed by atoms with van der Waals surface area (Å²) in [7, 11) is 0. The Bertz CT molecular complexity index is 583. The first-order valence-electron chi connectivity index (χ1n) is 6.53. The molecule has 2 aromatic rings. The van der Waals surface area contributed by atoms with Crippen molar-refractivity contribution in [3.63, 3.8) is 0 Å². The van der Waals surface area contributed by atoms with Crippen LogP contribution in [0.15, 0.2) is 48.2 Å². The van der Waals surface area contributed by atoms with E-state index in [9.17, 15) is 5.11 Å². The average Bonchev–Trinajstić information content (AvgIpc) is 2.39. The van der Waals surface area contributed by atoms with Gasteiger partial charge in [-0.25, -0.2) is 0 Å². The molecule has 0 radical (unpaired) electrons. The van der Waals surface area contributed by atoms with E-state index in [4.69, 9.17) is 0 Å². The summed E-state index contributed by atoms with van der Waals surface area (Å²) in [5.74, 6) is 0. The molecule has 1 aliphatic carbocycles. The molecule has 1 aromatic carbocycles. The summed E-state index contributed by atoms with van der Waals surface area (Å²) in [6, 6.07) is 10.3. The van der Waals surface area contributed by atoms with E-state index in [1.165, 1.54) is 16.5 Å². The summed E-state index contributed by atoms with van der Waals surface area (Å²) in [4.78, 5) is 4.38. The molecule has 1 aliphatic rings. The molecule has 0 aliphatic heterocycles. The highest BCUT2D eigenvalue weighted by atomic mass is 16.3. The van der Waals surface area contributed by atoms with E-state index in [-0.39, 0.29) is 6.10 Å². The molecule has 1 atom stereocenters. The maximum Gasteiger partial charge on any atom is 0.0723 e. The molecule has 2 nitrogen and oxygen atoms in total. The van der Waals surface area contributed by atoms with Crippen LogP contribution in [0.25, 0.3) is 10.9 Å². The number of fused-ring (bicyclic) bond motifs is 1. The number of para-hydroxylation sites is 1. The molecular weight excluding hydrogens is 222 g/mol. The molecule has 1 N–H and O–H groups in total. The molecule has 2 heteroatoms. The van der Waals surface area contributed by atoms with Crippen LogP contribution in [0.3, 0.4) is 0 Å². The van der Waals surface area contributed by atoms with E-state index < -0.39 is 0 Å². The minimum absolute atomic E-state index is 0.248. The van der Waals surface area contributed by atoms with Crippen molar-refractivity contribution in [3.05, 3.63) is 53.7 Å². The van der Waals surface area contributed by atoms with Gasteiger partial charge in [-0.15, -0.1) is 0 Å². The largest absolute Gasteiger partial charge is 0.389 e. The Hall–Kier alpha value is -1.67. The van der Waals surface area contributed by atoms with Crippen molar-refractivity contribution in [2.75, 3.05) is 0 Å². The van der Waals surface area contributed by atoms with Crippen LogP contribution in [0.5, 0.6) is 0 Å². The van der Waals surface area contributed by atoms with Crippen LogP contribution in [-0.4, -0.2) is 16.2 Å². The number of hydrogen-bond acceptors (Lipinski definition) is 2. The van der Waals surface area contributed by atoms with Crippen LogP contribution in [0.2, 0.25) is 0 Å². The standard InChI is InChI=1S/C16H17NO/c18-14-5-3-4-12(11-14)10-13-8-9-17-16-7-2-1-6-15(13)16/h1-2,6-9,11,14,18H,3-5,10H2. The van der Waals surface area contributed by atoms with Crippen molar-refractivity contribution in [2.45, 2.75) is 31.8 Å². The van der Waals surface area contributed by atoms with E-state index in [1.54, 1.807) is 0 Å². The number of aliphatic hydroxyl groups is 1. The fraction of sp³-hybridized carbons (Fsp3) is 0.312. The number of rotatable bonds is 2. The number of benzene rings is 1. The number of nitrogens with zero attached hydrogens (tertiary/aromatic N) is 1. The second-order valence-electron chi connectivity index (χ2n) is 4.95. The third-order valence-corrected chi connectivity index (χ3v) is 3.58. The second-order valence-corrected chi connectivity index (χ2v) is 4.95. The average molecular weight is 239 g/mol. The van der Waals surface area contributed by atoms with Crippen molar-refractivity contribution < 1.29 is 5.11 Å². The lowest BCUT2D eigenvalue weighted by molar-refractivity contribution is 0.202. The predicted octanol–water partition coefficient (Wildman–Crippen LogP) is 3.25. The molecule has 0 saturated heterocycles. The zero-order chi connectivity index (χ0) is 12.4. The molecule has 0 fully saturated rings. The van der Waals surface area contributed by atoms with Crippen molar-refractivity contribution in [3.8, 4) is 0 Å². The maximum absolute atomic E-state index is 9.68. The third-order valence-electron chi connectivity index (χ3n) is 3.58. The molecule has 1 heterocycles. The van der Waals surface area contributed by atoms with E-state index >= 15 is 0 Å². The van der Waals surface area contributed by atoms with Gasteiger partial charge in [0.25, 0.3) is 0 Å². The lowest BCUT2D eigenvalue weighted by Crippen LogP contribution is -2.10. The Morgan fingerprint density at radius 2 is 2.11 bits per heavy atom. The van der Waals surface area contributed by atoms with Crippen LogP contribution in [0.1, 0.15) is 24.8 Å². The van der Waals surface area contributed by atoms with Gasteiger partial charge in [0.1, 0.15) is 0 Å². The number of aliphatic hydroxyl groups excluding tert-OH is 1. The molecule has 1 unspecified atom stereocenters. The zero-order valence-corrected chi connectivity index (χ0v) is 10.3. The minimum Gasteiger partial charge on any atom is -0.389 e. The van der Waals surface area contributed by atoms with Gasteiger partial charge in [-0.3, -0.25) is 4.98 Å². The monoisotopic (exact) mass is 239 g/mol. The molecule has 0 amide bonds. The first-order valence-corrected chi connectivity index (χ1v) is 6.53. The van der Waals surface area contributed by atoms with E-state index in [0.717, 1.165) is 31.2 Å². The second kappa shape index (κ2) is 4.91. The number of allylic oxidation sites excluding steroid dienone is 1. The Kier molecular flexibility index (Phi) is 3.11. The molecule has 3 rings (SSSR count). The topological polar surface area (TPSA) is 33.1 Å². The van der Waals surface area contributed by atoms with Crippen LogP contribution >= 0.6 is 0 Å².